The molecule has 116 valence electrons. The Hall–Kier alpha value is -3.54. The van der Waals surface area contributed by atoms with Crippen LogP contribution in [-0.4, -0.2) is 14.8 Å². The SMILES string of the molecule is Cc1c(CNc2ccc([N+](=O)[O-])c(C#N)n2)cccc1[N+](=O)[O-]. The molecule has 2 aromatic rings. The van der Waals surface area contributed by atoms with Crippen LogP contribution in [0, 0.1) is 38.5 Å². The molecule has 2 rings (SSSR count). The Morgan fingerprint density at radius 1 is 1.17 bits per heavy atom. The predicted molar refractivity (Wildman–Crippen MR) is 80.8 cm³/mol. The summed E-state index contributed by atoms with van der Waals surface area (Å²) in [6, 6.07) is 8.96. The quantitative estimate of drug-likeness (QED) is 0.662. The van der Waals surface area contributed by atoms with Gasteiger partial charge in [-0.05, 0) is 18.6 Å². The summed E-state index contributed by atoms with van der Waals surface area (Å²) in [6.45, 7) is 1.88. The van der Waals surface area contributed by atoms with E-state index < -0.39 is 9.85 Å². The molecule has 0 radical (unpaired) electrons. The number of pyridine rings is 1. The zero-order chi connectivity index (χ0) is 17.0. The number of nitriles is 1. The Morgan fingerprint density at radius 2 is 1.87 bits per heavy atom. The fraction of sp³-hybridized carbons (Fsp3) is 0.143. The molecule has 0 bridgehead atoms. The molecule has 0 aliphatic heterocycles. The maximum Gasteiger partial charge on any atom is 0.305 e. The summed E-state index contributed by atoms with van der Waals surface area (Å²) in [5.74, 6) is 0.276. The van der Waals surface area contributed by atoms with Crippen molar-refractivity contribution in [3.8, 4) is 6.07 Å². The minimum Gasteiger partial charge on any atom is -0.366 e. The van der Waals surface area contributed by atoms with Gasteiger partial charge in [0.05, 0.1) is 9.85 Å². The average molecular weight is 313 g/mol. The van der Waals surface area contributed by atoms with Gasteiger partial charge in [0.15, 0.2) is 0 Å². The number of nitro groups is 2. The highest BCUT2D eigenvalue weighted by Crippen LogP contribution is 2.23. The number of benzene rings is 1. The van der Waals surface area contributed by atoms with E-state index in [9.17, 15) is 20.2 Å². The predicted octanol–water partition coefficient (Wildman–Crippen LogP) is 2.69. The van der Waals surface area contributed by atoms with Crippen molar-refractivity contribution in [2.75, 3.05) is 5.32 Å². The lowest BCUT2D eigenvalue weighted by molar-refractivity contribution is -0.385. The first kappa shape index (κ1) is 15.8. The van der Waals surface area contributed by atoms with Gasteiger partial charge in [-0.3, -0.25) is 20.2 Å². The first-order valence-electron chi connectivity index (χ1n) is 6.46. The Labute approximate surface area is 130 Å². The van der Waals surface area contributed by atoms with Gasteiger partial charge in [0.2, 0.25) is 5.69 Å². The second kappa shape index (κ2) is 6.48. The highest BCUT2D eigenvalue weighted by Gasteiger charge is 2.16. The number of hydrogen-bond donors (Lipinski definition) is 1. The van der Waals surface area contributed by atoms with E-state index in [0.29, 0.717) is 11.1 Å². The Morgan fingerprint density at radius 3 is 2.48 bits per heavy atom. The van der Waals surface area contributed by atoms with E-state index in [1.807, 2.05) is 0 Å². The van der Waals surface area contributed by atoms with Crippen LogP contribution in [-0.2, 0) is 6.54 Å². The topological polar surface area (TPSA) is 135 Å². The first-order valence-corrected chi connectivity index (χ1v) is 6.46. The molecule has 0 atom stereocenters. The third kappa shape index (κ3) is 3.38. The Kier molecular flexibility index (Phi) is 4.47. The van der Waals surface area contributed by atoms with Crippen molar-refractivity contribution in [1.82, 2.24) is 4.98 Å². The van der Waals surface area contributed by atoms with Crippen molar-refractivity contribution in [3.63, 3.8) is 0 Å². The summed E-state index contributed by atoms with van der Waals surface area (Å²) in [5, 5.41) is 33.5. The number of rotatable bonds is 5. The number of hydrogen-bond acceptors (Lipinski definition) is 7. The maximum absolute atomic E-state index is 10.9. The molecule has 1 aromatic carbocycles. The van der Waals surface area contributed by atoms with Crippen LogP contribution in [0.15, 0.2) is 30.3 Å². The lowest BCUT2D eigenvalue weighted by atomic mass is 10.1. The van der Waals surface area contributed by atoms with E-state index in [1.54, 1.807) is 25.1 Å². The van der Waals surface area contributed by atoms with Crippen LogP contribution < -0.4 is 5.32 Å². The monoisotopic (exact) mass is 313 g/mol. The minimum absolute atomic E-state index is 0.0127. The lowest BCUT2D eigenvalue weighted by Gasteiger charge is -2.09. The largest absolute Gasteiger partial charge is 0.366 e. The van der Waals surface area contributed by atoms with Gasteiger partial charge in [-0.15, -0.1) is 0 Å². The van der Waals surface area contributed by atoms with Gasteiger partial charge in [-0.1, -0.05) is 12.1 Å². The molecule has 1 N–H and O–H groups in total. The van der Waals surface area contributed by atoms with Crippen LogP contribution >= 0.6 is 0 Å². The molecular weight excluding hydrogens is 302 g/mol. The first-order chi connectivity index (χ1) is 10.9. The van der Waals surface area contributed by atoms with Crippen LogP contribution in [0.25, 0.3) is 0 Å². The lowest BCUT2D eigenvalue weighted by Crippen LogP contribution is -2.06. The maximum atomic E-state index is 10.9. The van der Waals surface area contributed by atoms with Crippen molar-refractivity contribution < 1.29 is 9.85 Å². The summed E-state index contributed by atoms with van der Waals surface area (Å²) in [4.78, 5) is 24.4. The number of nitrogens with one attached hydrogen (secondary N) is 1. The van der Waals surface area contributed by atoms with Crippen LogP contribution in [0.1, 0.15) is 16.8 Å². The van der Waals surface area contributed by atoms with Gasteiger partial charge < -0.3 is 5.32 Å². The van der Waals surface area contributed by atoms with Crippen molar-refractivity contribution in [1.29, 1.82) is 5.26 Å². The number of anilines is 1. The fourth-order valence-electron chi connectivity index (χ4n) is 2.02. The van der Waals surface area contributed by atoms with E-state index in [1.165, 1.54) is 18.2 Å². The van der Waals surface area contributed by atoms with Crippen LogP contribution in [0.2, 0.25) is 0 Å². The number of nitro benzene ring substituents is 1. The molecule has 0 amide bonds. The molecule has 0 unspecified atom stereocenters. The van der Waals surface area contributed by atoms with E-state index in [0.717, 1.165) is 0 Å². The highest BCUT2D eigenvalue weighted by atomic mass is 16.6. The molecular formula is C14H11N5O4. The van der Waals surface area contributed by atoms with Gasteiger partial charge in [0.25, 0.3) is 5.69 Å². The highest BCUT2D eigenvalue weighted by molar-refractivity contribution is 5.51. The summed E-state index contributed by atoms with van der Waals surface area (Å²) in [6.07, 6.45) is 0. The van der Waals surface area contributed by atoms with Crippen molar-refractivity contribution in [3.05, 3.63) is 67.4 Å². The zero-order valence-corrected chi connectivity index (χ0v) is 12.0. The minimum atomic E-state index is -0.681. The van der Waals surface area contributed by atoms with Crippen LogP contribution in [0.4, 0.5) is 17.2 Å². The molecule has 9 heteroatoms. The molecule has 0 saturated carbocycles. The molecule has 0 fully saturated rings. The van der Waals surface area contributed by atoms with E-state index in [4.69, 9.17) is 5.26 Å². The number of aromatic nitrogens is 1. The smallest absolute Gasteiger partial charge is 0.305 e. The standard InChI is InChI=1S/C14H11N5O4/c1-9-10(3-2-4-12(9)18(20)21)8-16-14-6-5-13(19(22)23)11(7-15)17-14/h2-6H,8H2,1H3,(H,16,17). The third-order valence-electron chi connectivity index (χ3n) is 3.25. The summed E-state index contributed by atoms with van der Waals surface area (Å²) >= 11 is 0. The summed E-state index contributed by atoms with van der Waals surface area (Å²) in [7, 11) is 0. The van der Waals surface area contributed by atoms with E-state index in [-0.39, 0.29) is 29.4 Å². The van der Waals surface area contributed by atoms with Gasteiger partial charge in [0.1, 0.15) is 11.9 Å². The molecule has 0 aliphatic rings. The van der Waals surface area contributed by atoms with Crippen molar-refractivity contribution in [2.24, 2.45) is 0 Å². The molecule has 0 saturated heterocycles. The Balaban J connectivity index is 2.22. The zero-order valence-electron chi connectivity index (χ0n) is 12.0. The van der Waals surface area contributed by atoms with Crippen molar-refractivity contribution >= 4 is 17.2 Å². The van der Waals surface area contributed by atoms with E-state index in [2.05, 4.69) is 10.3 Å². The normalized spacial score (nSPS) is 9.91. The van der Waals surface area contributed by atoms with Crippen LogP contribution in [0.3, 0.4) is 0 Å². The Bertz CT molecular complexity index is 828. The van der Waals surface area contributed by atoms with Gasteiger partial charge >= 0.3 is 5.69 Å². The average Bonchev–Trinajstić information content (AvgIpc) is 2.53. The molecule has 1 heterocycles. The fourth-order valence-corrected chi connectivity index (χ4v) is 2.02. The molecule has 23 heavy (non-hydrogen) atoms. The molecule has 1 aromatic heterocycles. The van der Waals surface area contributed by atoms with Gasteiger partial charge in [-0.25, -0.2) is 4.98 Å². The number of nitrogens with zero attached hydrogens (tertiary/aromatic N) is 4. The summed E-state index contributed by atoms with van der Waals surface area (Å²) in [5.41, 5.74) is 0.560. The van der Waals surface area contributed by atoms with Gasteiger partial charge in [0, 0.05) is 24.2 Å². The molecule has 0 aliphatic carbocycles. The van der Waals surface area contributed by atoms with Crippen molar-refractivity contribution in [2.45, 2.75) is 13.5 Å². The van der Waals surface area contributed by atoms with Crippen LogP contribution in [0.5, 0.6) is 0 Å². The molecule has 0 spiro atoms. The summed E-state index contributed by atoms with van der Waals surface area (Å²) < 4.78 is 0. The second-order valence-corrected chi connectivity index (χ2v) is 4.61. The second-order valence-electron chi connectivity index (χ2n) is 4.61. The van der Waals surface area contributed by atoms with Gasteiger partial charge in [-0.2, -0.15) is 5.26 Å². The molecule has 9 nitrogen and oxygen atoms in total. The third-order valence-corrected chi connectivity index (χ3v) is 3.25. The van der Waals surface area contributed by atoms with E-state index >= 15 is 0 Å².